The van der Waals surface area contributed by atoms with Crippen LogP contribution in [-0.2, 0) is 0 Å². The zero-order valence-electron chi connectivity index (χ0n) is 15.9. The van der Waals surface area contributed by atoms with Crippen LogP contribution in [0.3, 0.4) is 0 Å². The topological polar surface area (TPSA) is 69.9 Å². The van der Waals surface area contributed by atoms with Gasteiger partial charge >= 0.3 is 0 Å². The molecule has 0 radical (unpaired) electrons. The maximum atomic E-state index is 14.7. The normalized spacial score (nSPS) is 12.8. The molecule has 4 aromatic rings. The molecule has 30 heavy (non-hydrogen) atoms. The SMILES string of the molecule is COc1ccnc2nc(-c3c(F)cccc3Cl)c(Nc3ccc4c(c3)OCCO4)n12. The molecule has 2 aromatic heterocycles. The molecule has 3 heterocycles. The van der Waals surface area contributed by atoms with Crippen LogP contribution in [0, 0.1) is 5.82 Å². The molecular formula is C21H16ClFN4O3. The van der Waals surface area contributed by atoms with Gasteiger partial charge in [-0.05, 0) is 24.3 Å². The van der Waals surface area contributed by atoms with E-state index in [0.717, 1.165) is 0 Å². The van der Waals surface area contributed by atoms with E-state index in [1.807, 2.05) is 18.2 Å². The Hall–Kier alpha value is -3.52. The summed E-state index contributed by atoms with van der Waals surface area (Å²) in [5.74, 6) is 2.07. The fourth-order valence-corrected chi connectivity index (χ4v) is 3.63. The third kappa shape index (κ3) is 3.05. The number of nitrogens with zero attached hydrogens (tertiary/aromatic N) is 3. The standard InChI is InChI=1S/C21H16ClFN4O3/c1-28-17-7-8-24-21-26-19(18-13(22)3-2-4-14(18)23)20(27(17)21)25-12-5-6-15-16(11-12)30-10-9-29-15/h2-8,11,25H,9-10H2,1H3. The van der Waals surface area contributed by atoms with Crippen LogP contribution in [0.15, 0.2) is 48.7 Å². The predicted octanol–water partition coefficient (Wildman–Crippen LogP) is 4.71. The Morgan fingerprint density at radius 3 is 2.77 bits per heavy atom. The Bertz CT molecular complexity index is 1240. The fraction of sp³-hybridized carbons (Fsp3) is 0.143. The first kappa shape index (κ1) is 18.5. The van der Waals surface area contributed by atoms with E-state index in [0.29, 0.717) is 53.6 Å². The summed E-state index contributed by atoms with van der Waals surface area (Å²) in [6.45, 7) is 0.978. The first-order valence-corrected chi connectivity index (χ1v) is 9.56. The number of ether oxygens (including phenoxy) is 3. The maximum absolute atomic E-state index is 14.7. The van der Waals surface area contributed by atoms with E-state index in [-0.39, 0.29) is 10.6 Å². The fourth-order valence-electron chi connectivity index (χ4n) is 3.38. The minimum absolute atomic E-state index is 0.173. The third-order valence-electron chi connectivity index (χ3n) is 4.70. The molecule has 9 heteroatoms. The van der Waals surface area contributed by atoms with Gasteiger partial charge in [-0.1, -0.05) is 17.7 Å². The molecule has 2 aromatic carbocycles. The number of fused-ring (bicyclic) bond motifs is 2. The van der Waals surface area contributed by atoms with Gasteiger partial charge in [-0.3, -0.25) is 0 Å². The molecule has 0 saturated heterocycles. The van der Waals surface area contributed by atoms with Gasteiger partial charge in [-0.15, -0.1) is 0 Å². The summed E-state index contributed by atoms with van der Waals surface area (Å²) >= 11 is 6.33. The van der Waals surface area contributed by atoms with Crippen LogP contribution in [0.5, 0.6) is 17.4 Å². The summed E-state index contributed by atoms with van der Waals surface area (Å²) in [5.41, 5.74) is 1.18. The molecular weight excluding hydrogens is 411 g/mol. The van der Waals surface area contributed by atoms with Crippen molar-refractivity contribution in [2.75, 3.05) is 25.6 Å². The van der Waals surface area contributed by atoms with Crippen molar-refractivity contribution < 1.29 is 18.6 Å². The number of hydrogen-bond acceptors (Lipinski definition) is 6. The molecule has 1 aliphatic rings. The van der Waals surface area contributed by atoms with Crippen molar-refractivity contribution in [2.24, 2.45) is 0 Å². The van der Waals surface area contributed by atoms with Gasteiger partial charge in [0.1, 0.15) is 30.5 Å². The second-order valence-electron chi connectivity index (χ2n) is 6.51. The van der Waals surface area contributed by atoms with Gasteiger partial charge < -0.3 is 19.5 Å². The van der Waals surface area contributed by atoms with Crippen molar-refractivity contribution in [3.8, 4) is 28.6 Å². The Morgan fingerprint density at radius 1 is 1.13 bits per heavy atom. The van der Waals surface area contributed by atoms with E-state index >= 15 is 0 Å². The molecule has 152 valence electrons. The number of anilines is 2. The van der Waals surface area contributed by atoms with Crippen molar-refractivity contribution in [1.29, 1.82) is 0 Å². The molecule has 0 aliphatic carbocycles. The van der Waals surface area contributed by atoms with Gasteiger partial charge in [0.05, 0.1) is 17.7 Å². The number of hydrogen-bond donors (Lipinski definition) is 1. The van der Waals surface area contributed by atoms with Crippen molar-refractivity contribution in [3.05, 3.63) is 59.5 Å². The number of methoxy groups -OCH3 is 1. The highest BCUT2D eigenvalue weighted by Crippen LogP contribution is 2.39. The molecule has 0 atom stereocenters. The maximum Gasteiger partial charge on any atom is 0.238 e. The van der Waals surface area contributed by atoms with Gasteiger partial charge in [-0.25, -0.2) is 18.8 Å². The van der Waals surface area contributed by atoms with Crippen LogP contribution >= 0.6 is 11.6 Å². The van der Waals surface area contributed by atoms with Crippen LogP contribution in [0.25, 0.3) is 17.0 Å². The van der Waals surface area contributed by atoms with Gasteiger partial charge in [0.15, 0.2) is 11.5 Å². The van der Waals surface area contributed by atoms with Crippen molar-refractivity contribution >= 4 is 28.9 Å². The Labute approximate surface area is 176 Å². The molecule has 0 bridgehead atoms. The Morgan fingerprint density at radius 2 is 1.97 bits per heavy atom. The van der Waals surface area contributed by atoms with Gasteiger partial charge in [0.2, 0.25) is 11.7 Å². The van der Waals surface area contributed by atoms with Gasteiger partial charge in [0.25, 0.3) is 0 Å². The van der Waals surface area contributed by atoms with E-state index in [1.54, 1.807) is 35.9 Å². The number of aromatic nitrogens is 3. The number of imidazole rings is 1. The molecule has 1 aliphatic heterocycles. The first-order valence-electron chi connectivity index (χ1n) is 9.18. The Kier molecular flexibility index (Phi) is 4.55. The van der Waals surface area contributed by atoms with Crippen LogP contribution in [0.4, 0.5) is 15.9 Å². The highest BCUT2D eigenvalue weighted by molar-refractivity contribution is 6.33. The monoisotopic (exact) mass is 426 g/mol. The lowest BCUT2D eigenvalue weighted by Crippen LogP contribution is -2.15. The molecule has 0 unspecified atom stereocenters. The first-order chi connectivity index (χ1) is 14.7. The van der Waals surface area contributed by atoms with E-state index in [2.05, 4.69) is 15.3 Å². The summed E-state index contributed by atoms with van der Waals surface area (Å²) in [6, 6.07) is 11.6. The molecule has 0 saturated carbocycles. The molecule has 1 N–H and O–H groups in total. The van der Waals surface area contributed by atoms with Crippen LogP contribution in [0.2, 0.25) is 5.02 Å². The van der Waals surface area contributed by atoms with Crippen molar-refractivity contribution in [2.45, 2.75) is 0 Å². The zero-order chi connectivity index (χ0) is 20.7. The van der Waals surface area contributed by atoms with E-state index in [4.69, 9.17) is 25.8 Å². The van der Waals surface area contributed by atoms with Gasteiger partial charge in [0, 0.05) is 24.0 Å². The summed E-state index contributed by atoms with van der Waals surface area (Å²) in [5, 5.41) is 3.53. The van der Waals surface area contributed by atoms with Crippen LogP contribution in [0.1, 0.15) is 0 Å². The lowest BCUT2D eigenvalue weighted by Gasteiger charge is -2.19. The third-order valence-corrected chi connectivity index (χ3v) is 5.02. The molecule has 0 amide bonds. The number of rotatable bonds is 4. The average Bonchev–Trinajstić information content (AvgIpc) is 3.11. The molecule has 0 fully saturated rings. The summed E-state index contributed by atoms with van der Waals surface area (Å²) in [4.78, 5) is 8.82. The average molecular weight is 427 g/mol. The quantitative estimate of drug-likeness (QED) is 0.509. The van der Waals surface area contributed by atoms with Crippen molar-refractivity contribution in [1.82, 2.24) is 14.4 Å². The molecule has 0 spiro atoms. The largest absolute Gasteiger partial charge is 0.486 e. The summed E-state index contributed by atoms with van der Waals surface area (Å²) in [7, 11) is 1.54. The number of halogens is 2. The second-order valence-corrected chi connectivity index (χ2v) is 6.92. The molecule has 7 nitrogen and oxygen atoms in total. The lowest BCUT2D eigenvalue weighted by molar-refractivity contribution is 0.171. The number of nitrogens with one attached hydrogen (secondary N) is 1. The minimum Gasteiger partial charge on any atom is -0.486 e. The van der Waals surface area contributed by atoms with E-state index in [9.17, 15) is 4.39 Å². The highest BCUT2D eigenvalue weighted by atomic mass is 35.5. The zero-order valence-corrected chi connectivity index (χ0v) is 16.6. The molecule has 5 rings (SSSR count). The summed E-state index contributed by atoms with van der Waals surface area (Å²) in [6.07, 6.45) is 1.57. The van der Waals surface area contributed by atoms with Crippen LogP contribution < -0.4 is 19.5 Å². The lowest BCUT2D eigenvalue weighted by atomic mass is 10.1. The Balaban J connectivity index is 1.71. The summed E-state index contributed by atoms with van der Waals surface area (Å²) < 4.78 is 33.1. The van der Waals surface area contributed by atoms with E-state index < -0.39 is 5.82 Å². The van der Waals surface area contributed by atoms with Gasteiger partial charge in [-0.2, -0.15) is 0 Å². The van der Waals surface area contributed by atoms with Crippen molar-refractivity contribution in [3.63, 3.8) is 0 Å². The predicted molar refractivity (Wildman–Crippen MR) is 111 cm³/mol. The highest BCUT2D eigenvalue weighted by Gasteiger charge is 2.23. The minimum atomic E-state index is -0.491. The van der Waals surface area contributed by atoms with Crippen LogP contribution in [-0.4, -0.2) is 34.7 Å². The van der Waals surface area contributed by atoms with E-state index in [1.165, 1.54) is 6.07 Å². The second kappa shape index (κ2) is 7.38. The number of benzene rings is 2. The smallest absolute Gasteiger partial charge is 0.238 e.